The van der Waals surface area contributed by atoms with Crippen LogP contribution in [-0.2, 0) is 9.53 Å². The average Bonchev–Trinajstić information content (AvgIpc) is 3.61. The number of fused-ring (bicyclic) bond motifs is 2. The summed E-state index contributed by atoms with van der Waals surface area (Å²) in [7, 11) is 0. The number of nitrogens with one attached hydrogen (secondary N) is 1. The van der Waals surface area contributed by atoms with Gasteiger partial charge in [0.25, 0.3) is 5.91 Å². The van der Waals surface area contributed by atoms with E-state index in [1.165, 1.54) is 0 Å². The van der Waals surface area contributed by atoms with Crippen LogP contribution in [0.5, 0.6) is 11.5 Å². The number of para-hydroxylation sites is 1. The van der Waals surface area contributed by atoms with Crippen LogP contribution >= 0.6 is 0 Å². The zero-order valence-corrected chi connectivity index (χ0v) is 17.1. The van der Waals surface area contributed by atoms with Gasteiger partial charge in [0, 0.05) is 17.0 Å². The van der Waals surface area contributed by atoms with Crippen LogP contribution < -0.4 is 14.8 Å². The van der Waals surface area contributed by atoms with E-state index in [0.717, 1.165) is 18.4 Å². The molecule has 1 aromatic heterocycles. The summed E-state index contributed by atoms with van der Waals surface area (Å²) in [5.74, 6) is 0.497. The number of hydrogen-bond donors (Lipinski definition) is 1. The number of amides is 1. The summed E-state index contributed by atoms with van der Waals surface area (Å²) in [6, 6.07) is 14.8. The molecule has 2 aliphatic rings. The molecule has 0 radical (unpaired) electrons. The number of carbonyl (C=O) groups is 2. The van der Waals surface area contributed by atoms with E-state index in [1.54, 1.807) is 13.0 Å². The van der Waals surface area contributed by atoms with Gasteiger partial charge < -0.3 is 19.5 Å². The third-order valence-corrected chi connectivity index (χ3v) is 5.35. The third-order valence-electron chi connectivity index (χ3n) is 5.35. The minimum absolute atomic E-state index is 0.206. The maximum atomic E-state index is 13.0. The first-order valence-electron chi connectivity index (χ1n) is 10.4. The van der Waals surface area contributed by atoms with Crippen molar-refractivity contribution in [1.82, 2.24) is 10.3 Å². The first-order chi connectivity index (χ1) is 15.1. The van der Waals surface area contributed by atoms with E-state index in [4.69, 9.17) is 19.2 Å². The Morgan fingerprint density at radius 1 is 1.06 bits per heavy atom. The molecule has 1 aliphatic carbocycles. The number of benzene rings is 2. The van der Waals surface area contributed by atoms with E-state index >= 15 is 0 Å². The molecular weight excluding hydrogens is 396 g/mol. The van der Waals surface area contributed by atoms with Crippen LogP contribution in [0.4, 0.5) is 0 Å². The van der Waals surface area contributed by atoms with Crippen LogP contribution in [0, 0.1) is 0 Å². The number of rotatable bonds is 5. The van der Waals surface area contributed by atoms with Crippen molar-refractivity contribution in [3.8, 4) is 22.8 Å². The maximum absolute atomic E-state index is 13.0. The minimum atomic E-state index is -0.877. The number of pyridine rings is 1. The number of esters is 1. The summed E-state index contributed by atoms with van der Waals surface area (Å²) in [5, 5.41) is 3.53. The Balaban J connectivity index is 1.48. The van der Waals surface area contributed by atoms with E-state index in [0.29, 0.717) is 46.9 Å². The molecular formula is C24H22N2O5. The molecule has 2 aromatic carbocycles. The van der Waals surface area contributed by atoms with Gasteiger partial charge in [-0.3, -0.25) is 4.79 Å². The van der Waals surface area contributed by atoms with Crippen LogP contribution in [0.25, 0.3) is 22.2 Å². The van der Waals surface area contributed by atoms with Gasteiger partial charge in [-0.15, -0.1) is 0 Å². The van der Waals surface area contributed by atoms with Crippen LogP contribution in [-0.4, -0.2) is 42.2 Å². The second-order valence-corrected chi connectivity index (χ2v) is 7.76. The molecule has 31 heavy (non-hydrogen) atoms. The van der Waals surface area contributed by atoms with Gasteiger partial charge in [0.2, 0.25) is 0 Å². The van der Waals surface area contributed by atoms with Gasteiger partial charge >= 0.3 is 5.97 Å². The number of ether oxygens (including phenoxy) is 3. The molecule has 0 bridgehead atoms. The highest BCUT2D eigenvalue weighted by molar-refractivity contribution is 6.05. The molecule has 1 N–H and O–H groups in total. The fourth-order valence-electron chi connectivity index (χ4n) is 3.52. The molecule has 1 unspecified atom stereocenters. The predicted molar refractivity (Wildman–Crippen MR) is 114 cm³/mol. The minimum Gasteiger partial charge on any atom is -0.486 e. The van der Waals surface area contributed by atoms with Crippen LogP contribution in [0.3, 0.4) is 0 Å². The Bertz CT molecular complexity index is 1170. The lowest BCUT2D eigenvalue weighted by atomic mass is 10.0. The Kier molecular flexibility index (Phi) is 4.94. The molecule has 3 aromatic rings. The van der Waals surface area contributed by atoms with Crippen molar-refractivity contribution in [3.05, 3.63) is 54.1 Å². The smallest absolute Gasteiger partial charge is 0.339 e. The van der Waals surface area contributed by atoms with E-state index in [2.05, 4.69) is 5.32 Å². The fraction of sp³-hybridized carbons (Fsp3) is 0.292. The van der Waals surface area contributed by atoms with E-state index in [1.807, 2.05) is 42.5 Å². The lowest BCUT2D eigenvalue weighted by Gasteiger charge is -2.19. The van der Waals surface area contributed by atoms with Gasteiger partial charge in [0.15, 0.2) is 17.6 Å². The largest absolute Gasteiger partial charge is 0.486 e. The van der Waals surface area contributed by atoms with Crippen molar-refractivity contribution in [2.45, 2.75) is 31.9 Å². The standard InChI is InChI=1S/C24H22N2O5/c1-14(23(27)25-16-7-8-16)31-24(28)18-13-20(26-19-5-3-2-4-17(18)19)15-6-9-21-22(12-15)30-11-10-29-21/h2-6,9,12-14,16H,7-8,10-11H2,1H3,(H,25,27). The molecule has 1 fully saturated rings. The third kappa shape index (κ3) is 4.03. The molecule has 1 aliphatic heterocycles. The molecule has 2 heterocycles. The van der Waals surface area contributed by atoms with Crippen molar-refractivity contribution in [2.75, 3.05) is 13.2 Å². The maximum Gasteiger partial charge on any atom is 0.339 e. The number of aromatic nitrogens is 1. The normalized spacial score (nSPS) is 15.9. The molecule has 5 rings (SSSR count). The Labute approximate surface area is 179 Å². The number of hydrogen-bond acceptors (Lipinski definition) is 6. The van der Waals surface area contributed by atoms with Gasteiger partial charge in [-0.05, 0) is 50.1 Å². The molecule has 0 spiro atoms. The summed E-state index contributed by atoms with van der Waals surface area (Å²) in [5.41, 5.74) is 2.43. The van der Waals surface area contributed by atoms with Crippen LogP contribution in [0.15, 0.2) is 48.5 Å². The molecule has 7 heteroatoms. The highest BCUT2D eigenvalue weighted by Gasteiger charge is 2.28. The van der Waals surface area contributed by atoms with Crippen LogP contribution in [0.1, 0.15) is 30.1 Å². The highest BCUT2D eigenvalue weighted by Crippen LogP contribution is 2.35. The van der Waals surface area contributed by atoms with E-state index in [9.17, 15) is 9.59 Å². The Hall–Kier alpha value is -3.61. The lowest BCUT2D eigenvalue weighted by Crippen LogP contribution is -2.37. The lowest BCUT2D eigenvalue weighted by molar-refractivity contribution is -0.129. The summed E-state index contributed by atoms with van der Waals surface area (Å²) in [6.07, 6.45) is 1.07. The quantitative estimate of drug-likeness (QED) is 0.639. The SMILES string of the molecule is CC(OC(=O)c1cc(-c2ccc3c(c2)OCCO3)nc2ccccc12)C(=O)NC1CC1. The zero-order valence-electron chi connectivity index (χ0n) is 17.1. The van der Waals surface area contributed by atoms with Crippen LogP contribution in [0.2, 0.25) is 0 Å². The second-order valence-electron chi connectivity index (χ2n) is 7.76. The molecule has 0 saturated heterocycles. The Morgan fingerprint density at radius 3 is 2.65 bits per heavy atom. The van der Waals surface area contributed by atoms with Crippen molar-refractivity contribution in [3.63, 3.8) is 0 Å². The van der Waals surface area contributed by atoms with Crippen molar-refractivity contribution in [1.29, 1.82) is 0 Å². The molecule has 7 nitrogen and oxygen atoms in total. The van der Waals surface area contributed by atoms with Gasteiger partial charge in [-0.25, -0.2) is 9.78 Å². The van der Waals surface area contributed by atoms with Gasteiger partial charge in [0.1, 0.15) is 13.2 Å². The second kappa shape index (κ2) is 7.91. The molecule has 158 valence electrons. The molecule has 1 saturated carbocycles. The summed E-state index contributed by atoms with van der Waals surface area (Å²) in [4.78, 5) is 30.0. The average molecular weight is 418 g/mol. The zero-order chi connectivity index (χ0) is 21.4. The van der Waals surface area contributed by atoms with Gasteiger partial charge in [-0.2, -0.15) is 0 Å². The summed E-state index contributed by atoms with van der Waals surface area (Å²) < 4.78 is 16.8. The number of carbonyl (C=O) groups excluding carboxylic acids is 2. The summed E-state index contributed by atoms with van der Waals surface area (Å²) in [6.45, 7) is 2.59. The van der Waals surface area contributed by atoms with E-state index in [-0.39, 0.29) is 11.9 Å². The van der Waals surface area contributed by atoms with Crippen molar-refractivity contribution in [2.24, 2.45) is 0 Å². The summed E-state index contributed by atoms with van der Waals surface area (Å²) >= 11 is 0. The van der Waals surface area contributed by atoms with Crippen molar-refractivity contribution < 1.29 is 23.8 Å². The predicted octanol–water partition coefficient (Wildman–Crippen LogP) is 3.50. The molecule has 1 amide bonds. The van der Waals surface area contributed by atoms with Gasteiger partial charge in [-0.1, -0.05) is 18.2 Å². The van der Waals surface area contributed by atoms with E-state index < -0.39 is 12.1 Å². The first-order valence-corrected chi connectivity index (χ1v) is 10.4. The molecule has 1 atom stereocenters. The first kappa shape index (κ1) is 19.4. The monoisotopic (exact) mass is 418 g/mol. The topological polar surface area (TPSA) is 86.8 Å². The van der Waals surface area contributed by atoms with Crippen molar-refractivity contribution >= 4 is 22.8 Å². The highest BCUT2D eigenvalue weighted by atomic mass is 16.6. The number of nitrogens with zero attached hydrogens (tertiary/aromatic N) is 1. The fourth-order valence-corrected chi connectivity index (χ4v) is 3.52. The Morgan fingerprint density at radius 2 is 1.84 bits per heavy atom. The van der Waals surface area contributed by atoms with Gasteiger partial charge in [0.05, 0.1) is 16.8 Å².